The van der Waals surface area contributed by atoms with Gasteiger partial charge in [-0.15, -0.1) is 0 Å². The average Bonchev–Trinajstić information content (AvgIpc) is 2.29. The van der Waals surface area contributed by atoms with Crippen molar-refractivity contribution in [2.24, 2.45) is 5.41 Å². The zero-order valence-corrected chi connectivity index (χ0v) is 11.7. The number of aliphatic hydroxyl groups is 1. The summed E-state index contributed by atoms with van der Waals surface area (Å²) in [7, 11) is 0. The molecule has 18 heavy (non-hydrogen) atoms. The predicted molar refractivity (Wildman–Crippen MR) is 75.8 cm³/mol. The molecule has 0 atom stereocenters. The predicted octanol–water partition coefficient (Wildman–Crippen LogP) is 2.85. The molecule has 1 fully saturated rings. The lowest BCUT2D eigenvalue weighted by molar-refractivity contribution is 0.143. The van der Waals surface area contributed by atoms with Crippen molar-refractivity contribution in [1.29, 1.82) is 0 Å². The number of aryl methyl sites for hydroxylation is 1. The Hall–Kier alpha value is -0.860. The molecular weight excluding hydrogens is 222 g/mol. The number of hydrogen-bond donors (Lipinski definition) is 2. The first kappa shape index (κ1) is 13.6. The maximum Gasteiger partial charge on any atom is 0.0494 e. The van der Waals surface area contributed by atoms with Gasteiger partial charge < -0.3 is 10.4 Å². The zero-order valence-electron chi connectivity index (χ0n) is 11.7. The van der Waals surface area contributed by atoms with E-state index in [-0.39, 0.29) is 12.0 Å². The first-order chi connectivity index (χ1) is 8.52. The maximum atomic E-state index is 9.22. The lowest BCUT2D eigenvalue weighted by atomic mass is 9.74. The smallest absolute Gasteiger partial charge is 0.0494 e. The number of hydrogen-bond acceptors (Lipinski definition) is 2. The van der Waals surface area contributed by atoms with Crippen molar-refractivity contribution in [2.45, 2.75) is 45.6 Å². The van der Waals surface area contributed by atoms with E-state index >= 15 is 0 Å². The van der Waals surface area contributed by atoms with Crippen LogP contribution in [0.2, 0.25) is 0 Å². The molecule has 1 aromatic rings. The summed E-state index contributed by atoms with van der Waals surface area (Å²) >= 11 is 0. The van der Waals surface area contributed by atoms with Gasteiger partial charge in [-0.25, -0.2) is 0 Å². The average molecular weight is 247 g/mol. The summed E-state index contributed by atoms with van der Waals surface area (Å²) in [6.07, 6.45) is 2.46. The van der Waals surface area contributed by atoms with Gasteiger partial charge in [0.2, 0.25) is 0 Å². The summed E-state index contributed by atoms with van der Waals surface area (Å²) in [5, 5.41) is 12.8. The Bertz CT molecular complexity index is 394. The lowest BCUT2D eigenvalue weighted by Crippen LogP contribution is -2.45. The Labute approximate surface area is 110 Å². The van der Waals surface area contributed by atoms with Crippen molar-refractivity contribution in [1.82, 2.24) is 5.32 Å². The first-order valence-corrected chi connectivity index (χ1v) is 6.91. The van der Waals surface area contributed by atoms with Crippen LogP contribution in [0.25, 0.3) is 0 Å². The minimum atomic E-state index is -0.00620. The summed E-state index contributed by atoms with van der Waals surface area (Å²) < 4.78 is 0. The SMILES string of the molecule is Cc1ccccc1C1CC(NCC(C)(C)CO)C1. The molecule has 0 amide bonds. The van der Waals surface area contributed by atoms with E-state index in [1.807, 2.05) is 0 Å². The summed E-state index contributed by atoms with van der Waals surface area (Å²) in [5.41, 5.74) is 2.92. The van der Waals surface area contributed by atoms with Crippen LogP contribution in [0.4, 0.5) is 0 Å². The van der Waals surface area contributed by atoms with Gasteiger partial charge in [-0.05, 0) is 36.8 Å². The van der Waals surface area contributed by atoms with Crippen molar-refractivity contribution in [3.05, 3.63) is 35.4 Å². The molecule has 0 aliphatic heterocycles. The van der Waals surface area contributed by atoms with E-state index in [1.165, 1.54) is 24.0 Å². The van der Waals surface area contributed by atoms with E-state index in [0.717, 1.165) is 12.5 Å². The van der Waals surface area contributed by atoms with Crippen LogP contribution in [0, 0.1) is 12.3 Å². The van der Waals surface area contributed by atoms with Gasteiger partial charge in [0.25, 0.3) is 0 Å². The number of rotatable bonds is 5. The second kappa shape index (κ2) is 5.41. The van der Waals surface area contributed by atoms with E-state index < -0.39 is 0 Å². The molecule has 0 bridgehead atoms. The molecule has 0 heterocycles. The molecule has 1 aliphatic rings. The van der Waals surface area contributed by atoms with E-state index in [2.05, 4.69) is 50.4 Å². The second-order valence-electron chi connectivity index (χ2n) is 6.43. The highest BCUT2D eigenvalue weighted by Crippen LogP contribution is 2.38. The second-order valence-corrected chi connectivity index (χ2v) is 6.43. The largest absolute Gasteiger partial charge is 0.396 e. The van der Waals surface area contributed by atoms with Gasteiger partial charge in [0, 0.05) is 24.6 Å². The summed E-state index contributed by atoms with van der Waals surface area (Å²) in [4.78, 5) is 0. The molecule has 0 unspecified atom stereocenters. The van der Waals surface area contributed by atoms with E-state index in [9.17, 15) is 5.11 Å². The molecule has 2 N–H and O–H groups in total. The summed E-state index contributed by atoms with van der Waals surface area (Å²) in [6, 6.07) is 9.33. The highest BCUT2D eigenvalue weighted by Gasteiger charge is 2.31. The minimum absolute atomic E-state index is 0.00620. The van der Waals surface area contributed by atoms with Gasteiger partial charge in [0.05, 0.1) is 0 Å². The normalized spacial score (nSPS) is 23.8. The van der Waals surface area contributed by atoms with Crippen LogP contribution < -0.4 is 5.32 Å². The van der Waals surface area contributed by atoms with Gasteiger partial charge in [0.15, 0.2) is 0 Å². The van der Waals surface area contributed by atoms with Gasteiger partial charge in [-0.3, -0.25) is 0 Å². The van der Waals surface area contributed by atoms with Crippen molar-refractivity contribution < 1.29 is 5.11 Å². The Morgan fingerprint density at radius 2 is 1.94 bits per heavy atom. The number of aliphatic hydroxyl groups excluding tert-OH is 1. The van der Waals surface area contributed by atoms with Gasteiger partial charge >= 0.3 is 0 Å². The fraction of sp³-hybridized carbons (Fsp3) is 0.625. The molecule has 1 aromatic carbocycles. The van der Waals surface area contributed by atoms with Gasteiger partial charge in [-0.1, -0.05) is 38.1 Å². The zero-order chi connectivity index (χ0) is 13.2. The third-order valence-corrected chi connectivity index (χ3v) is 4.06. The van der Waals surface area contributed by atoms with Crippen LogP contribution in [0.5, 0.6) is 0 Å². The van der Waals surface area contributed by atoms with Crippen molar-refractivity contribution in [2.75, 3.05) is 13.2 Å². The van der Waals surface area contributed by atoms with Crippen LogP contribution in [0.15, 0.2) is 24.3 Å². The van der Waals surface area contributed by atoms with Crippen LogP contribution in [0.3, 0.4) is 0 Å². The minimum Gasteiger partial charge on any atom is -0.396 e. The lowest BCUT2D eigenvalue weighted by Gasteiger charge is -2.39. The Morgan fingerprint density at radius 1 is 1.28 bits per heavy atom. The van der Waals surface area contributed by atoms with E-state index in [0.29, 0.717) is 6.04 Å². The van der Waals surface area contributed by atoms with Crippen LogP contribution in [-0.4, -0.2) is 24.3 Å². The standard InChI is InChI=1S/C16H25NO/c1-12-6-4-5-7-15(12)13-8-14(9-13)17-10-16(2,3)11-18/h4-7,13-14,17-18H,8-11H2,1-3H3. The maximum absolute atomic E-state index is 9.22. The van der Waals surface area contributed by atoms with Crippen molar-refractivity contribution in [3.8, 4) is 0 Å². The highest BCUT2D eigenvalue weighted by atomic mass is 16.3. The Balaban J connectivity index is 1.79. The third kappa shape index (κ3) is 3.12. The van der Waals surface area contributed by atoms with E-state index in [1.54, 1.807) is 0 Å². The molecule has 2 nitrogen and oxygen atoms in total. The summed E-state index contributed by atoms with van der Waals surface area (Å²) in [6.45, 7) is 7.53. The van der Waals surface area contributed by atoms with Crippen LogP contribution in [-0.2, 0) is 0 Å². The molecule has 100 valence electrons. The first-order valence-electron chi connectivity index (χ1n) is 6.91. The Kier molecular flexibility index (Phi) is 4.08. The van der Waals surface area contributed by atoms with Crippen LogP contribution >= 0.6 is 0 Å². The number of benzene rings is 1. The highest BCUT2D eigenvalue weighted by molar-refractivity contribution is 5.31. The van der Waals surface area contributed by atoms with Crippen LogP contribution in [0.1, 0.15) is 43.7 Å². The number of nitrogens with one attached hydrogen (secondary N) is 1. The van der Waals surface area contributed by atoms with Crippen molar-refractivity contribution >= 4 is 0 Å². The fourth-order valence-electron chi connectivity index (χ4n) is 2.56. The summed E-state index contributed by atoms with van der Waals surface area (Å²) in [5.74, 6) is 0.723. The van der Waals surface area contributed by atoms with Gasteiger partial charge in [0.1, 0.15) is 0 Å². The molecule has 0 saturated heterocycles. The fourth-order valence-corrected chi connectivity index (χ4v) is 2.56. The molecule has 2 rings (SSSR count). The quantitative estimate of drug-likeness (QED) is 0.838. The van der Waals surface area contributed by atoms with Crippen molar-refractivity contribution in [3.63, 3.8) is 0 Å². The molecule has 0 aromatic heterocycles. The Morgan fingerprint density at radius 3 is 2.56 bits per heavy atom. The third-order valence-electron chi connectivity index (χ3n) is 4.06. The molecule has 2 heteroatoms. The molecular formula is C16H25NO. The topological polar surface area (TPSA) is 32.3 Å². The van der Waals surface area contributed by atoms with Gasteiger partial charge in [-0.2, -0.15) is 0 Å². The molecule has 1 saturated carbocycles. The molecule has 1 aliphatic carbocycles. The molecule has 0 radical (unpaired) electrons. The van der Waals surface area contributed by atoms with E-state index in [4.69, 9.17) is 0 Å². The monoisotopic (exact) mass is 247 g/mol. The molecule has 0 spiro atoms.